The lowest BCUT2D eigenvalue weighted by Crippen LogP contribution is -1.85. The van der Waals surface area contributed by atoms with Gasteiger partial charge in [-0.2, -0.15) is 0 Å². The second-order valence-corrected chi connectivity index (χ2v) is 6.23. The summed E-state index contributed by atoms with van der Waals surface area (Å²) >= 11 is 0. The largest absolute Gasteiger partial charge is 0.457 e. The number of carbonyl (C=O) groups excluding carboxylic acids is 1. The maximum atomic E-state index is 11.1. The Hall–Kier alpha value is -1.65. The van der Waals surface area contributed by atoms with E-state index in [4.69, 9.17) is 4.74 Å². The Morgan fingerprint density at radius 2 is 1.70 bits per heavy atom. The Balaban J connectivity index is 1.86. The molecule has 0 atom stereocenters. The molecule has 4 heteroatoms. The smallest absolute Gasteiger partial charge is 0.222 e. The highest BCUT2D eigenvalue weighted by Gasteiger charge is 2.00. The van der Waals surface area contributed by atoms with E-state index in [9.17, 15) is 4.79 Å². The van der Waals surface area contributed by atoms with Crippen LogP contribution in [0, 0.1) is 0 Å². The Kier molecular flexibility index (Phi) is 5.77. The molecule has 0 heterocycles. The third-order valence-electron chi connectivity index (χ3n) is 2.44. The van der Waals surface area contributed by atoms with Gasteiger partial charge in [0.15, 0.2) is 0 Å². The molecule has 20 heavy (non-hydrogen) atoms. The molecule has 0 aliphatic heterocycles. The Morgan fingerprint density at radius 1 is 1.05 bits per heavy atom. The lowest BCUT2D eigenvalue weighted by atomic mass is 10.2. The van der Waals surface area contributed by atoms with Crippen LogP contribution in [0.15, 0.2) is 67.3 Å². The molecule has 2 aromatic rings. The van der Waals surface area contributed by atoms with Gasteiger partial charge in [0.05, 0.1) is 0 Å². The van der Waals surface area contributed by atoms with Crippen molar-refractivity contribution >= 4 is 26.7 Å². The van der Waals surface area contributed by atoms with E-state index in [0.717, 1.165) is 22.8 Å². The van der Waals surface area contributed by atoms with Gasteiger partial charge >= 0.3 is 0 Å². The predicted octanol–water partition coefficient (Wildman–Crippen LogP) is 5.07. The molecule has 0 fully saturated rings. The van der Waals surface area contributed by atoms with E-state index in [1.54, 1.807) is 0 Å². The third-order valence-corrected chi connectivity index (χ3v) is 4.54. The molecular weight excluding hydrogens is 288 g/mol. The van der Waals surface area contributed by atoms with Gasteiger partial charge in [0, 0.05) is 5.75 Å². The minimum absolute atomic E-state index is 0.0148. The summed E-state index contributed by atoms with van der Waals surface area (Å²) in [4.78, 5) is 11.1. The number of para-hydroxylation sites is 1. The van der Waals surface area contributed by atoms with Crippen molar-refractivity contribution in [1.82, 2.24) is 0 Å². The second kappa shape index (κ2) is 7.82. The quantitative estimate of drug-likeness (QED) is 0.549. The first kappa shape index (κ1) is 14.8. The minimum atomic E-state index is -0.0148. The van der Waals surface area contributed by atoms with Gasteiger partial charge in [-0.25, -0.2) is 0 Å². The number of rotatable bonds is 6. The van der Waals surface area contributed by atoms with Gasteiger partial charge in [0.1, 0.15) is 11.5 Å². The fourth-order valence-corrected chi connectivity index (χ4v) is 3.18. The van der Waals surface area contributed by atoms with E-state index in [2.05, 4.69) is 6.58 Å². The van der Waals surface area contributed by atoms with Gasteiger partial charge in [-0.15, -0.1) is 0 Å². The number of ether oxygens (including phenoxy) is 1. The highest BCUT2D eigenvalue weighted by atomic mass is 33.1. The summed E-state index contributed by atoms with van der Waals surface area (Å²) in [5.74, 6) is 2.40. The molecule has 0 saturated carbocycles. The summed E-state index contributed by atoms with van der Waals surface area (Å²) < 4.78 is 5.71. The van der Waals surface area contributed by atoms with Crippen LogP contribution in [0.2, 0.25) is 0 Å². The highest BCUT2D eigenvalue weighted by Crippen LogP contribution is 2.28. The van der Waals surface area contributed by atoms with Crippen molar-refractivity contribution in [2.24, 2.45) is 0 Å². The topological polar surface area (TPSA) is 26.3 Å². The Labute approximate surface area is 126 Å². The van der Waals surface area contributed by atoms with Crippen LogP contribution in [0.3, 0.4) is 0 Å². The van der Waals surface area contributed by atoms with E-state index >= 15 is 0 Å². The fourth-order valence-electron chi connectivity index (χ4n) is 1.47. The van der Waals surface area contributed by atoms with Gasteiger partial charge < -0.3 is 4.74 Å². The summed E-state index contributed by atoms with van der Waals surface area (Å²) in [6, 6.07) is 17.5. The van der Waals surface area contributed by atoms with E-state index in [1.165, 1.54) is 27.7 Å². The van der Waals surface area contributed by atoms with Crippen LogP contribution in [-0.2, 0) is 10.5 Å². The average molecular weight is 302 g/mol. The van der Waals surface area contributed by atoms with Crippen LogP contribution in [0.4, 0.5) is 0 Å². The van der Waals surface area contributed by atoms with E-state index in [-0.39, 0.29) is 5.12 Å². The zero-order valence-electron chi connectivity index (χ0n) is 10.8. The molecule has 2 aromatic carbocycles. The third kappa shape index (κ3) is 4.79. The maximum Gasteiger partial charge on any atom is 0.222 e. The Bertz CT molecular complexity index is 565. The maximum absolute atomic E-state index is 11.1. The average Bonchev–Trinajstić information content (AvgIpc) is 2.50. The van der Waals surface area contributed by atoms with E-state index < -0.39 is 0 Å². The normalized spacial score (nSPS) is 10.0. The van der Waals surface area contributed by atoms with Crippen LogP contribution in [-0.4, -0.2) is 5.12 Å². The van der Waals surface area contributed by atoms with Crippen molar-refractivity contribution in [1.29, 1.82) is 0 Å². The zero-order valence-corrected chi connectivity index (χ0v) is 12.5. The van der Waals surface area contributed by atoms with Gasteiger partial charge in [-0.05, 0) is 46.7 Å². The van der Waals surface area contributed by atoms with Crippen molar-refractivity contribution in [2.75, 3.05) is 0 Å². The minimum Gasteiger partial charge on any atom is -0.457 e. The molecule has 0 aliphatic carbocycles. The van der Waals surface area contributed by atoms with E-state index in [0.29, 0.717) is 0 Å². The molecule has 0 saturated heterocycles. The van der Waals surface area contributed by atoms with Crippen molar-refractivity contribution in [3.05, 3.63) is 72.8 Å². The van der Waals surface area contributed by atoms with Gasteiger partial charge in [0.2, 0.25) is 5.12 Å². The Morgan fingerprint density at radius 3 is 2.35 bits per heavy atom. The molecule has 0 radical (unpaired) electrons. The molecule has 0 N–H and O–H groups in total. The van der Waals surface area contributed by atoms with Crippen molar-refractivity contribution in [2.45, 2.75) is 5.75 Å². The summed E-state index contributed by atoms with van der Waals surface area (Å²) in [6.45, 7) is 3.44. The highest BCUT2D eigenvalue weighted by molar-refractivity contribution is 8.82. The first-order valence-electron chi connectivity index (χ1n) is 6.05. The van der Waals surface area contributed by atoms with Crippen LogP contribution in [0.1, 0.15) is 5.56 Å². The van der Waals surface area contributed by atoms with Gasteiger partial charge in [-0.1, -0.05) is 47.7 Å². The number of hydrogen-bond acceptors (Lipinski definition) is 4. The molecule has 102 valence electrons. The van der Waals surface area contributed by atoms with E-state index in [1.807, 2.05) is 54.6 Å². The molecule has 0 amide bonds. The molecule has 0 aliphatic rings. The van der Waals surface area contributed by atoms with Crippen LogP contribution >= 0.6 is 21.6 Å². The van der Waals surface area contributed by atoms with Crippen molar-refractivity contribution in [3.63, 3.8) is 0 Å². The summed E-state index contributed by atoms with van der Waals surface area (Å²) in [6.07, 6.45) is 1.33. The van der Waals surface area contributed by atoms with Gasteiger partial charge in [-0.3, -0.25) is 4.79 Å². The standard InChI is InChI=1S/C16H14O2S2/c1-2-16(17)20-19-12-13-8-10-15(11-9-13)18-14-6-4-3-5-7-14/h2-11H,1,12H2. The first-order chi connectivity index (χ1) is 9.78. The zero-order chi connectivity index (χ0) is 14.2. The number of carbonyl (C=O) groups is 1. The lowest BCUT2D eigenvalue weighted by molar-refractivity contribution is -0.106. The summed E-state index contributed by atoms with van der Waals surface area (Å²) in [7, 11) is 2.71. The molecule has 2 nitrogen and oxygen atoms in total. The number of hydrogen-bond donors (Lipinski definition) is 0. The van der Waals surface area contributed by atoms with Gasteiger partial charge in [0.25, 0.3) is 0 Å². The summed E-state index contributed by atoms with van der Waals surface area (Å²) in [5, 5.41) is -0.0148. The molecule has 0 spiro atoms. The van der Waals surface area contributed by atoms with Crippen molar-refractivity contribution in [3.8, 4) is 11.5 Å². The SMILES string of the molecule is C=CC(=O)SSCc1ccc(Oc2ccccc2)cc1. The van der Waals surface area contributed by atoms with Crippen molar-refractivity contribution < 1.29 is 9.53 Å². The molecule has 0 aromatic heterocycles. The van der Waals surface area contributed by atoms with Crippen LogP contribution in [0.5, 0.6) is 11.5 Å². The molecule has 2 rings (SSSR count). The second-order valence-electron chi connectivity index (χ2n) is 3.93. The molecular formula is C16H14O2S2. The first-order valence-corrected chi connectivity index (χ1v) is 8.37. The van der Waals surface area contributed by atoms with Crippen LogP contribution < -0.4 is 4.74 Å². The van der Waals surface area contributed by atoms with Crippen LogP contribution in [0.25, 0.3) is 0 Å². The fraction of sp³-hybridized carbons (Fsp3) is 0.0625. The predicted molar refractivity (Wildman–Crippen MR) is 87.0 cm³/mol. The monoisotopic (exact) mass is 302 g/mol. The molecule has 0 bridgehead atoms. The molecule has 0 unspecified atom stereocenters. The number of benzene rings is 2. The lowest BCUT2D eigenvalue weighted by Gasteiger charge is -2.06. The summed E-state index contributed by atoms with van der Waals surface area (Å²) in [5.41, 5.74) is 1.15.